The van der Waals surface area contributed by atoms with Crippen LogP contribution in [0.1, 0.15) is 6.42 Å². The fourth-order valence-electron chi connectivity index (χ4n) is 1.40. The van der Waals surface area contributed by atoms with E-state index in [1.807, 2.05) is 0 Å². The van der Waals surface area contributed by atoms with Crippen molar-refractivity contribution in [2.75, 3.05) is 31.4 Å². The Labute approximate surface area is 98.4 Å². The van der Waals surface area contributed by atoms with Gasteiger partial charge >= 0.3 is 0 Å². The van der Waals surface area contributed by atoms with Gasteiger partial charge < -0.3 is 20.9 Å². The summed E-state index contributed by atoms with van der Waals surface area (Å²) < 4.78 is 31.7. The van der Waals surface area contributed by atoms with E-state index in [1.165, 1.54) is 7.11 Å². The molecule has 0 amide bonds. The number of hydrogen-bond acceptors (Lipinski definition) is 4. The molecule has 1 aromatic rings. The zero-order chi connectivity index (χ0) is 12.8. The molecule has 0 aliphatic rings. The van der Waals surface area contributed by atoms with Gasteiger partial charge in [0.1, 0.15) is 5.69 Å². The summed E-state index contributed by atoms with van der Waals surface area (Å²) in [6, 6.07) is 1.58. The van der Waals surface area contributed by atoms with Gasteiger partial charge in [-0.2, -0.15) is 0 Å². The Hall–Kier alpha value is -1.40. The molecule has 0 saturated heterocycles. The van der Waals surface area contributed by atoms with Crippen molar-refractivity contribution < 1.29 is 18.6 Å². The highest BCUT2D eigenvalue weighted by Gasteiger charge is 2.14. The average Bonchev–Trinajstić information content (AvgIpc) is 2.27. The summed E-state index contributed by atoms with van der Waals surface area (Å²) in [5.41, 5.74) is 5.03. The lowest BCUT2D eigenvalue weighted by atomic mass is 10.2. The van der Waals surface area contributed by atoms with Crippen LogP contribution in [0, 0.1) is 11.6 Å². The van der Waals surface area contributed by atoms with Crippen molar-refractivity contribution in [3.8, 4) is 0 Å². The molecule has 0 aliphatic heterocycles. The Morgan fingerprint density at radius 1 is 1.41 bits per heavy atom. The molecule has 17 heavy (non-hydrogen) atoms. The van der Waals surface area contributed by atoms with E-state index in [9.17, 15) is 8.78 Å². The third-order valence-corrected chi connectivity index (χ3v) is 2.30. The maximum absolute atomic E-state index is 13.4. The van der Waals surface area contributed by atoms with Gasteiger partial charge in [-0.25, -0.2) is 8.78 Å². The molecule has 1 unspecified atom stereocenters. The van der Waals surface area contributed by atoms with Crippen molar-refractivity contribution >= 4 is 11.4 Å². The molecule has 4 nitrogen and oxygen atoms in total. The van der Waals surface area contributed by atoms with Crippen LogP contribution in [-0.2, 0) is 4.74 Å². The Morgan fingerprint density at radius 2 is 2.00 bits per heavy atom. The molecule has 0 aliphatic carbocycles. The molecule has 1 rings (SSSR count). The summed E-state index contributed by atoms with van der Waals surface area (Å²) in [7, 11) is 1.51. The van der Waals surface area contributed by atoms with E-state index < -0.39 is 17.7 Å². The van der Waals surface area contributed by atoms with Gasteiger partial charge in [0.2, 0.25) is 0 Å². The van der Waals surface area contributed by atoms with Crippen LogP contribution in [0.15, 0.2) is 12.1 Å². The van der Waals surface area contributed by atoms with Crippen molar-refractivity contribution in [1.82, 2.24) is 0 Å². The van der Waals surface area contributed by atoms with Crippen LogP contribution in [-0.4, -0.2) is 31.5 Å². The predicted octanol–water partition coefficient (Wildman–Crippen LogP) is 1.36. The number of hydrogen-bond donors (Lipinski definition) is 3. The maximum atomic E-state index is 13.4. The second-order valence-corrected chi connectivity index (χ2v) is 3.66. The predicted molar refractivity (Wildman–Crippen MR) is 61.8 cm³/mol. The number of nitrogens with two attached hydrogens (primary N) is 1. The number of nitrogens with one attached hydrogen (secondary N) is 1. The van der Waals surface area contributed by atoms with E-state index in [2.05, 4.69) is 5.32 Å². The first kappa shape index (κ1) is 13.7. The van der Waals surface area contributed by atoms with Gasteiger partial charge in [-0.1, -0.05) is 0 Å². The minimum Gasteiger partial charge on any atom is -0.399 e. The van der Waals surface area contributed by atoms with Gasteiger partial charge in [0.05, 0.1) is 12.6 Å². The topological polar surface area (TPSA) is 67.5 Å². The van der Waals surface area contributed by atoms with E-state index in [4.69, 9.17) is 15.6 Å². The molecule has 0 bridgehead atoms. The maximum Gasteiger partial charge on any atom is 0.151 e. The van der Waals surface area contributed by atoms with E-state index >= 15 is 0 Å². The Kier molecular flexibility index (Phi) is 5.11. The smallest absolute Gasteiger partial charge is 0.151 e. The van der Waals surface area contributed by atoms with Gasteiger partial charge in [0.15, 0.2) is 11.6 Å². The van der Waals surface area contributed by atoms with Crippen molar-refractivity contribution in [1.29, 1.82) is 0 Å². The Morgan fingerprint density at radius 3 is 2.47 bits per heavy atom. The van der Waals surface area contributed by atoms with Crippen LogP contribution in [0.4, 0.5) is 20.2 Å². The highest BCUT2D eigenvalue weighted by Crippen LogP contribution is 2.23. The van der Waals surface area contributed by atoms with Gasteiger partial charge in [-0.3, -0.25) is 0 Å². The number of nitrogen functional groups attached to an aromatic ring is 1. The lowest BCUT2D eigenvalue weighted by molar-refractivity contribution is 0.174. The highest BCUT2D eigenvalue weighted by atomic mass is 19.1. The number of ether oxygens (including phenoxy) is 1. The summed E-state index contributed by atoms with van der Waals surface area (Å²) in [6.45, 7) is 0.142. The van der Waals surface area contributed by atoms with Gasteiger partial charge in [-0.05, 0) is 18.6 Å². The summed E-state index contributed by atoms with van der Waals surface area (Å²) in [5, 5.41) is 11.7. The molecule has 0 radical (unpaired) electrons. The normalized spacial score (nSPS) is 12.5. The SMILES string of the molecule is COCCC(CO)Nc1c(F)cc(N)cc1F. The van der Waals surface area contributed by atoms with Gasteiger partial charge in [0.25, 0.3) is 0 Å². The minimum atomic E-state index is -0.779. The molecule has 0 spiro atoms. The standard InChI is InChI=1S/C11H16F2N2O2/c1-17-3-2-8(6-16)15-11-9(12)4-7(14)5-10(11)13/h4-5,8,15-16H,2-3,6,14H2,1H3. The zero-order valence-corrected chi connectivity index (χ0v) is 9.54. The first-order valence-corrected chi connectivity index (χ1v) is 5.19. The Bertz CT molecular complexity index is 351. The molecule has 0 heterocycles. The fraction of sp³-hybridized carbons (Fsp3) is 0.455. The number of methoxy groups -OCH3 is 1. The van der Waals surface area contributed by atoms with Crippen LogP contribution in [0.2, 0.25) is 0 Å². The first-order valence-electron chi connectivity index (χ1n) is 5.19. The Balaban J connectivity index is 2.78. The molecule has 96 valence electrons. The molecule has 0 saturated carbocycles. The van der Waals surface area contributed by atoms with Crippen LogP contribution in [0.5, 0.6) is 0 Å². The summed E-state index contributed by atoms with van der Waals surface area (Å²) in [4.78, 5) is 0. The quantitative estimate of drug-likeness (QED) is 0.663. The number of aliphatic hydroxyl groups is 1. The minimum absolute atomic E-state index is 0.0167. The highest BCUT2D eigenvalue weighted by molar-refractivity contribution is 5.54. The van der Waals surface area contributed by atoms with Crippen LogP contribution in [0.3, 0.4) is 0 Å². The van der Waals surface area contributed by atoms with E-state index in [1.54, 1.807) is 0 Å². The molecular formula is C11H16F2N2O2. The summed E-state index contributed by atoms with van der Waals surface area (Å²) in [6.07, 6.45) is 0.441. The van der Waals surface area contributed by atoms with E-state index in [0.717, 1.165) is 12.1 Å². The fourth-order valence-corrected chi connectivity index (χ4v) is 1.40. The summed E-state index contributed by atoms with van der Waals surface area (Å²) >= 11 is 0. The van der Waals surface area contributed by atoms with Gasteiger partial charge in [0, 0.05) is 19.4 Å². The van der Waals surface area contributed by atoms with Crippen LogP contribution >= 0.6 is 0 Å². The third kappa shape index (κ3) is 3.83. The largest absolute Gasteiger partial charge is 0.399 e. The molecule has 0 fully saturated rings. The molecule has 4 N–H and O–H groups in total. The zero-order valence-electron chi connectivity index (χ0n) is 9.54. The third-order valence-electron chi connectivity index (χ3n) is 2.30. The number of halogens is 2. The van der Waals surface area contributed by atoms with Crippen molar-refractivity contribution in [3.05, 3.63) is 23.8 Å². The lowest BCUT2D eigenvalue weighted by Crippen LogP contribution is -2.26. The van der Waals surface area contributed by atoms with Crippen molar-refractivity contribution in [3.63, 3.8) is 0 Å². The van der Waals surface area contributed by atoms with Gasteiger partial charge in [-0.15, -0.1) is 0 Å². The molecule has 1 atom stereocenters. The number of benzene rings is 1. The van der Waals surface area contributed by atoms with E-state index in [-0.39, 0.29) is 18.0 Å². The molecule has 1 aromatic carbocycles. The van der Waals surface area contributed by atoms with Crippen LogP contribution in [0.25, 0.3) is 0 Å². The first-order chi connectivity index (χ1) is 8.08. The lowest BCUT2D eigenvalue weighted by Gasteiger charge is -2.18. The monoisotopic (exact) mass is 246 g/mol. The molecule has 6 heteroatoms. The summed E-state index contributed by atoms with van der Waals surface area (Å²) in [5.74, 6) is -1.56. The second-order valence-electron chi connectivity index (χ2n) is 3.66. The van der Waals surface area contributed by atoms with E-state index in [0.29, 0.717) is 13.0 Å². The van der Waals surface area contributed by atoms with Crippen molar-refractivity contribution in [2.45, 2.75) is 12.5 Å². The number of rotatable bonds is 6. The second kappa shape index (κ2) is 6.36. The van der Waals surface area contributed by atoms with Crippen molar-refractivity contribution in [2.24, 2.45) is 0 Å². The number of anilines is 2. The average molecular weight is 246 g/mol. The van der Waals surface area contributed by atoms with Crippen LogP contribution < -0.4 is 11.1 Å². The molecule has 0 aromatic heterocycles. The molecular weight excluding hydrogens is 230 g/mol. The number of aliphatic hydroxyl groups excluding tert-OH is 1.